The van der Waals surface area contributed by atoms with E-state index in [4.69, 9.17) is 25.8 Å². The number of H-pyrrole nitrogens is 1. The number of hydrogen-bond acceptors (Lipinski definition) is 9. The summed E-state index contributed by atoms with van der Waals surface area (Å²) in [5, 5.41) is 20.4. The number of ether oxygens (including phenoxy) is 3. The smallest absolute Gasteiger partial charge is 0.296 e. The second-order valence-electron chi connectivity index (χ2n) is 9.20. The molecule has 0 bridgehead atoms. The summed E-state index contributed by atoms with van der Waals surface area (Å²) in [5.74, 6) is -1.68. The highest BCUT2D eigenvalue weighted by Gasteiger charge is 2.48. The molecule has 2 aromatic heterocycles. The molecule has 0 saturated carbocycles. The third-order valence-electron chi connectivity index (χ3n) is 6.58. The molecule has 2 saturated heterocycles. The minimum Gasteiger partial charge on any atom is -0.504 e. The molecule has 2 aliphatic heterocycles. The maximum absolute atomic E-state index is 14.2. The first-order valence-corrected chi connectivity index (χ1v) is 13.8. The van der Waals surface area contributed by atoms with Crippen molar-refractivity contribution in [3.05, 3.63) is 53.3 Å². The van der Waals surface area contributed by atoms with E-state index in [-0.39, 0.29) is 29.7 Å². The van der Waals surface area contributed by atoms with E-state index in [0.29, 0.717) is 33.0 Å². The van der Waals surface area contributed by atoms with Gasteiger partial charge in [0.2, 0.25) is 0 Å². The molecule has 4 aromatic rings. The van der Waals surface area contributed by atoms with Crippen molar-refractivity contribution in [1.29, 1.82) is 0 Å². The standard InChI is InChI=1S/C25H21ClFN3O7S/c1-38(33,34)13-6-14(21(32)16(27)7-13)11-2-4-12(5-3-11)20-15(26)8-17-24(29-20)30-25(28-17)37-19-10-36-22-18(31)9-35-23(19)22/h2-8,18-19,22-23,31-32H,9-10H2,1H3,(H,28,29,30)/t18-,19-,22-,23-/m1/s1. The predicted molar refractivity (Wildman–Crippen MR) is 134 cm³/mol. The van der Waals surface area contributed by atoms with Crippen molar-refractivity contribution in [2.45, 2.75) is 29.3 Å². The second-order valence-corrected chi connectivity index (χ2v) is 11.6. The Morgan fingerprint density at radius 1 is 1.08 bits per heavy atom. The number of phenols is 1. The Hall–Kier alpha value is -3.29. The minimum atomic E-state index is -3.69. The Kier molecular flexibility index (Phi) is 6.04. The number of aliphatic hydroxyl groups excluding tert-OH is 1. The van der Waals surface area contributed by atoms with Crippen molar-refractivity contribution in [1.82, 2.24) is 15.0 Å². The molecule has 38 heavy (non-hydrogen) atoms. The first-order chi connectivity index (χ1) is 18.1. The summed E-state index contributed by atoms with van der Waals surface area (Å²) in [6, 6.07) is 10.4. The Morgan fingerprint density at radius 2 is 1.79 bits per heavy atom. The SMILES string of the molecule is CS(=O)(=O)c1cc(F)c(O)c(-c2ccc(-c3nc4nc(O[C@@H]5CO[C@H]6[C@@H]5OC[C@H]6O)[nH]c4cc3Cl)cc2)c1. The lowest BCUT2D eigenvalue weighted by Crippen LogP contribution is -2.34. The van der Waals surface area contributed by atoms with Crippen molar-refractivity contribution in [3.63, 3.8) is 0 Å². The number of sulfone groups is 1. The van der Waals surface area contributed by atoms with Crippen LogP contribution in [-0.2, 0) is 19.3 Å². The molecule has 0 spiro atoms. The highest BCUT2D eigenvalue weighted by atomic mass is 35.5. The molecule has 0 amide bonds. The van der Waals surface area contributed by atoms with Gasteiger partial charge in [-0.15, -0.1) is 0 Å². The van der Waals surface area contributed by atoms with Gasteiger partial charge in [0.25, 0.3) is 6.01 Å². The number of aromatic nitrogens is 3. The van der Waals surface area contributed by atoms with Gasteiger partial charge in [-0.05, 0) is 23.8 Å². The van der Waals surface area contributed by atoms with E-state index in [9.17, 15) is 23.0 Å². The van der Waals surface area contributed by atoms with Crippen LogP contribution in [0.5, 0.6) is 11.8 Å². The predicted octanol–water partition coefficient (Wildman–Crippen LogP) is 3.10. The van der Waals surface area contributed by atoms with Gasteiger partial charge in [-0.1, -0.05) is 35.9 Å². The summed E-state index contributed by atoms with van der Waals surface area (Å²) in [6.07, 6.45) is -0.992. The molecule has 10 nitrogen and oxygen atoms in total. The molecule has 4 heterocycles. The van der Waals surface area contributed by atoms with Gasteiger partial charge >= 0.3 is 0 Å². The van der Waals surface area contributed by atoms with Gasteiger partial charge in [0.05, 0.1) is 34.3 Å². The topological polar surface area (TPSA) is 144 Å². The Morgan fingerprint density at radius 3 is 2.53 bits per heavy atom. The van der Waals surface area contributed by atoms with Crippen LogP contribution >= 0.6 is 11.6 Å². The number of fused-ring (bicyclic) bond motifs is 2. The van der Waals surface area contributed by atoms with Crippen molar-refractivity contribution in [2.24, 2.45) is 0 Å². The highest BCUT2D eigenvalue weighted by molar-refractivity contribution is 7.90. The van der Waals surface area contributed by atoms with Crippen LogP contribution in [0.4, 0.5) is 4.39 Å². The Balaban J connectivity index is 1.28. The number of pyridine rings is 1. The molecule has 0 unspecified atom stereocenters. The number of aromatic amines is 1. The van der Waals surface area contributed by atoms with Crippen LogP contribution in [0.15, 0.2) is 47.4 Å². The van der Waals surface area contributed by atoms with Crippen LogP contribution in [0.2, 0.25) is 5.02 Å². The van der Waals surface area contributed by atoms with Crippen LogP contribution in [0.25, 0.3) is 33.5 Å². The molecule has 2 aromatic carbocycles. The van der Waals surface area contributed by atoms with Gasteiger partial charge in [-0.25, -0.2) is 17.8 Å². The van der Waals surface area contributed by atoms with E-state index in [1.54, 1.807) is 30.3 Å². The molecule has 13 heteroatoms. The molecule has 198 valence electrons. The number of nitrogens with one attached hydrogen (secondary N) is 1. The molecular formula is C25H21ClFN3O7S. The first-order valence-electron chi connectivity index (χ1n) is 11.6. The lowest BCUT2D eigenvalue weighted by molar-refractivity contribution is 0.00706. The molecule has 3 N–H and O–H groups in total. The summed E-state index contributed by atoms with van der Waals surface area (Å²) in [6.45, 7) is 0.439. The average Bonchev–Trinajstić information content (AvgIpc) is 3.56. The van der Waals surface area contributed by atoms with Crippen LogP contribution in [0.3, 0.4) is 0 Å². The zero-order valence-electron chi connectivity index (χ0n) is 19.8. The fourth-order valence-electron chi connectivity index (χ4n) is 4.66. The first kappa shape index (κ1) is 25.0. The lowest BCUT2D eigenvalue weighted by Gasteiger charge is -2.15. The summed E-state index contributed by atoms with van der Waals surface area (Å²) in [4.78, 5) is 11.7. The van der Waals surface area contributed by atoms with Crippen LogP contribution in [0.1, 0.15) is 0 Å². The zero-order chi connectivity index (χ0) is 26.8. The zero-order valence-corrected chi connectivity index (χ0v) is 21.3. The van der Waals surface area contributed by atoms with Gasteiger partial charge in [-0.2, -0.15) is 4.98 Å². The minimum absolute atomic E-state index is 0.0393. The van der Waals surface area contributed by atoms with E-state index < -0.39 is 45.8 Å². The quantitative estimate of drug-likeness (QED) is 0.335. The van der Waals surface area contributed by atoms with Gasteiger partial charge < -0.3 is 29.4 Å². The molecule has 2 fully saturated rings. The van der Waals surface area contributed by atoms with Gasteiger partial charge in [-0.3, -0.25) is 0 Å². The van der Waals surface area contributed by atoms with Crippen molar-refractivity contribution in [3.8, 4) is 34.1 Å². The monoisotopic (exact) mass is 561 g/mol. The number of phenolic OH excluding ortho intramolecular Hbond substituents is 1. The number of rotatable bonds is 5. The maximum Gasteiger partial charge on any atom is 0.296 e. The number of benzene rings is 2. The normalized spacial score (nSPS) is 23.2. The number of hydrogen-bond donors (Lipinski definition) is 3. The second kappa shape index (κ2) is 9.17. The van der Waals surface area contributed by atoms with E-state index in [2.05, 4.69) is 15.0 Å². The van der Waals surface area contributed by atoms with Crippen LogP contribution in [-0.4, -0.2) is 77.5 Å². The summed E-state index contributed by atoms with van der Waals surface area (Å²) < 4.78 is 55.1. The van der Waals surface area contributed by atoms with E-state index >= 15 is 0 Å². The van der Waals surface area contributed by atoms with Gasteiger partial charge in [0.1, 0.15) is 18.3 Å². The van der Waals surface area contributed by atoms with Gasteiger partial charge in [0, 0.05) is 17.4 Å². The number of aliphatic hydroxyl groups is 1. The lowest BCUT2D eigenvalue weighted by atomic mass is 10.0. The average molecular weight is 562 g/mol. The number of halogens is 2. The Labute approximate surface area is 220 Å². The van der Waals surface area contributed by atoms with Crippen molar-refractivity contribution < 1.29 is 37.2 Å². The molecule has 0 radical (unpaired) electrons. The van der Waals surface area contributed by atoms with E-state index in [1.807, 2.05) is 0 Å². The molecule has 0 aliphatic carbocycles. The number of aromatic hydroxyl groups is 1. The van der Waals surface area contributed by atoms with Crippen molar-refractivity contribution in [2.75, 3.05) is 19.5 Å². The largest absolute Gasteiger partial charge is 0.504 e. The van der Waals surface area contributed by atoms with E-state index in [0.717, 1.165) is 12.3 Å². The van der Waals surface area contributed by atoms with Crippen LogP contribution in [0, 0.1) is 5.82 Å². The maximum atomic E-state index is 14.2. The summed E-state index contributed by atoms with van der Waals surface area (Å²) >= 11 is 6.50. The molecule has 4 atom stereocenters. The molecule has 2 aliphatic rings. The molecular weight excluding hydrogens is 541 g/mol. The summed E-state index contributed by atoms with van der Waals surface area (Å²) in [5.41, 5.74) is 2.39. The third kappa shape index (κ3) is 4.37. The molecule has 6 rings (SSSR count). The van der Waals surface area contributed by atoms with Gasteiger partial charge in [0.15, 0.2) is 33.2 Å². The summed E-state index contributed by atoms with van der Waals surface area (Å²) in [7, 11) is -3.69. The van der Waals surface area contributed by atoms with Crippen LogP contribution < -0.4 is 4.74 Å². The third-order valence-corrected chi connectivity index (χ3v) is 7.96. The number of imidazole rings is 1. The van der Waals surface area contributed by atoms with E-state index in [1.165, 1.54) is 6.07 Å². The number of nitrogens with zero attached hydrogens (tertiary/aromatic N) is 2. The fourth-order valence-corrected chi connectivity index (χ4v) is 5.57. The van der Waals surface area contributed by atoms with Crippen molar-refractivity contribution >= 4 is 32.6 Å². The fraction of sp³-hybridized carbons (Fsp3) is 0.280. The Bertz CT molecular complexity index is 1660. The highest BCUT2D eigenvalue weighted by Crippen LogP contribution is 2.37.